The van der Waals surface area contributed by atoms with Crippen LogP contribution in [-0.4, -0.2) is 162 Å². The van der Waals surface area contributed by atoms with Crippen molar-refractivity contribution in [3.63, 3.8) is 0 Å². The Morgan fingerprint density at radius 3 is 1.06 bits per heavy atom. The number of alkyl carbamates (subject to hydrolysis) is 1. The molecule has 25 heteroatoms. The predicted octanol–water partition coefficient (Wildman–Crippen LogP) is 9.97. The van der Waals surface area contributed by atoms with Gasteiger partial charge in [-0.15, -0.1) is 0 Å². The number of carbonyl (C=O) groups is 11. The second-order valence-electron chi connectivity index (χ2n) is 29.1. The number of amides is 6. The summed E-state index contributed by atoms with van der Waals surface area (Å²) in [4.78, 5) is 142. The molecule has 0 heterocycles. The monoisotopic (exact) mass is 1340 g/mol. The average Bonchev–Trinajstić information content (AvgIpc) is 0.998. The summed E-state index contributed by atoms with van der Waals surface area (Å²) in [6, 6.07) is -4.74. The lowest BCUT2D eigenvalue weighted by atomic mass is 10.0. The molecule has 0 aliphatic carbocycles. The molecule has 0 rings (SSSR count). The van der Waals surface area contributed by atoms with Gasteiger partial charge in [0.25, 0.3) is 0 Å². The molecule has 0 aromatic carbocycles. The number of esters is 4. The number of ether oxygens (including phenoxy) is 7. The van der Waals surface area contributed by atoms with Crippen molar-refractivity contribution in [2.75, 3.05) is 39.5 Å². The Bertz CT molecular complexity index is 2260. The topological polar surface area (TPSA) is 345 Å². The van der Waals surface area contributed by atoms with Crippen LogP contribution in [0.15, 0.2) is 0 Å². The van der Waals surface area contributed by atoms with Gasteiger partial charge in [-0.2, -0.15) is 0 Å². The lowest BCUT2D eigenvalue weighted by Gasteiger charge is -2.26. The smallest absolute Gasteiger partial charge is 0.407 e. The summed E-state index contributed by atoms with van der Waals surface area (Å²) < 4.78 is 37.8. The van der Waals surface area contributed by atoms with E-state index in [1.807, 2.05) is 20.8 Å². The number of carboxylic acids is 1. The van der Waals surface area contributed by atoms with Crippen molar-refractivity contribution in [3.05, 3.63) is 0 Å². The summed E-state index contributed by atoms with van der Waals surface area (Å²) in [5.74, 6) is -6.29. The molecule has 0 aliphatic rings. The second-order valence-corrected chi connectivity index (χ2v) is 29.1. The van der Waals surface area contributed by atoms with Crippen molar-refractivity contribution in [2.45, 2.75) is 336 Å². The summed E-state index contributed by atoms with van der Waals surface area (Å²) in [6.07, 6.45) is 17.4. The van der Waals surface area contributed by atoms with E-state index < -0.39 is 112 Å². The highest BCUT2D eigenvalue weighted by molar-refractivity contribution is 5.89. The fourth-order valence-electron chi connectivity index (χ4n) is 9.37. The van der Waals surface area contributed by atoms with E-state index in [1.165, 1.54) is 51.4 Å². The fourth-order valence-corrected chi connectivity index (χ4v) is 9.37. The van der Waals surface area contributed by atoms with Gasteiger partial charge in [-0.25, -0.2) is 24.0 Å². The zero-order valence-electron chi connectivity index (χ0n) is 60.1. The Hall–Kier alpha value is -6.11. The van der Waals surface area contributed by atoms with Gasteiger partial charge in [0, 0.05) is 45.2 Å². The van der Waals surface area contributed by atoms with Crippen molar-refractivity contribution in [1.29, 1.82) is 0 Å². The third-order valence-corrected chi connectivity index (χ3v) is 13.6. The largest absolute Gasteiger partial charge is 0.480 e. The molecule has 94 heavy (non-hydrogen) atoms. The van der Waals surface area contributed by atoms with Gasteiger partial charge < -0.3 is 70.2 Å². The van der Waals surface area contributed by atoms with Crippen LogP contribution in [0.4, 0.5) is 4.79 Å². The molecule has 544 valence electrons. The Kier molecular flexibility index (Phi) is 44.6. The van der Waals surface area contributed by atoms with Gasteiger partial charge in [0.15, 0.2) is 0 Å². The van der Waals surface area contributed by atoms with Gasteiger partial charge in [0.1, 0.15) is 58.8 Å². The molecule has 0 spiro atoms. The first-order chi connectivity index (χ1) is 43.7. The number of nitrogens with one attached hydrogen (secondary N) is 6. The standard InChI is InChI=1S/C69H124N6O19/c1-65(2,3)90-59(82)39-31-29-27-25-23-21-19-17-16-18-20-22-24-26-28-30-37-54(76)74-52(62(85)92-67(7,8)9)41-43-57(79)73-51(61(84)91-66(4,5)6)36-34-38-55(77)75-53(63(86)93-68(10,11)12)40-42-56(78)72-50(35-32-33-44-71-64(87)94-69(13,14)15)60(83)70-45-46-88-47-48-89-49-58(80)81/h50-53H,16-49H2,1-15H3,(H,70,83)(H,71,87)(H,72,78)(H,73,79)(H,74,76)(H,75,77)(H,80,81)/t50-,51-,52-,53-/m0/s1. The van der Waals surface area contributed by atoms with Crippen LogP contribution in [0.25, 0.3) is 0 Å². The maximum Gasteiger partial charge on any atom is 0.407 e. The number of aliphatic carboxylic acids is 1. The lowest BCUT2D eigenvalue weighted by molar-refractivity contribution is -0.160. The van der Waals surface area contributed by atoms with Crippen molar-refractivity contribution in [2.24, 2.45) is 0 Å². The van der Waals surface area contributed by atoms with E-state index in [1.54, 1.807) is 83.1 Å². The SMILES string of the molecule is CC(C)(C)OC(=O)CCCCCCCCCCCCCCCCCCC(=O)N[C@@H](CCC(=O)N[C@@H](CCCC(=O)N[C@@H](CCC(=O)N[C@@H](CCCCNC(=O)OC(C)(C)C)C(=O)NCCOCCOCC(=O)O)C(=O)OC(C)(C)C)C(=O)OC(C)(C)C)C(=O)OC(C)(C)C. The first kappa shape index (κ1) is 87.9. The Morgan fingerprint density at radius 2 is 0.660 bits per heavy atom. The van der Waals surface area contributed by atoms with E-state index in [-0.39, 0.29) is 103 Å². The van der Waals surface area contributed by atoms with Crippen LogP contribution >= 0.6 is 0 Å². The number of unbranched alkanes of at least 4 members (excludes halogenated alkanes) is 16. The van der Waals surface area contributed by atoms with E-state index >= 15 is 0 Å². The second kappa shape index (κ2) is 47.7. The molecule has 25 nitrogen and oxygen atoms in total. The van der Waals surface area contributed by atoms with Gasteiger partial charge in [-0.3, -0.25) is 28.8 Å². The molecule has 4 atom stereocenters. The van der Waals surface area contributed by atoms with Crippen LogP contribution in [0, 0.1) is 0 Å². The maximum atomic E-state index is 13.6. The minimum absolute atomic E-state index is 0.0198. The van der Waals surface area contributed by atoms with E-state index in [4.69, 9.17) is 38.3 Å². The zero-order valence-corrected chi connectivity index (χ0v) is 60.1. The van der Waals surface area contributed by atoms with E-state index in [0.29, 0.717) is 25.7 Å². The van der Waals surface area contributed by atoms with E-state index in [0.717, 1.165) is 44.9 Å². The van der Waals surface area contributed by atoms with Crippen LogP contribution in [-0.2, 0) is 81.1 Å². The van der Waals surface area contributed by atoms with Crippen molar-refractivity contribution in [1.82, 2.24) is 31.9 Å². The van der Waals surface area contributed by atoms with Crippen LogP contribution in [0.2, 0.25) is 0 Å². The normalized spacial score (nSPS) is 13.2. The maximum absolute atomic E-state index is 13.6. The molecule has 0 bridgehead atoms. The van der Waals surface area contributed by atoms with Gasteiger partial charge >= 0.3 is 35.9 Å². The molecule has 7 N–H and O–H groups in total. The highest BCUT2D eigenvalue weighted by atomic mass is 16.6. The Balaban J connectivity index is 5.53. The highest BCUT2D eigenvalue weighted by Crippen LogP contribution is 2.19. The molecule has 0 saturated heterocycles. The molecule has 0 aromatic rings. The molecule has 6 amide bonds. The quantitative estimate of drug-likeness (QED) is 0.0169. The molecule has 0 radical (unpaired) electrons. The van der Waals surface area contributed by atoms with Gasteiger partial charge in [0.05, 0.1) is 19.8 Å². The summed E-state index contributed by atoms with van der Waals surface area (Å²) in [7, 11) is 0. The van der Waals surface area contributed by atoms with Gasteiger partial charge in [0.2, 0.25) is 29.5 Å². The number of hydrogen-bond acceptors (Lipinski definition) is 18. The predicted molar refractivity (Wildman–Crippen MR) is 357 cm³/mol. The fraction of sp³-hybridized carbons (Fsp3) is 0.841. The van der Waals surface area contributed by atoms with Crippen molar-refractivity contribution >= 4 is 65.5 Å². The molecule has 0 fully saturated rings. The Morgan fingerprint density at radius 1 is 0.319 bits per heavy atom. The van der Waals surface area contributed by atoms with Gasteiger partial charge in [-0.1, -0.05) is 89.9 Å². The molecule has 0 saturated carbocycles. The van der Waals surface area contributed by atoms with E-state index in [9.17, 15) is 52.7 Å². The molecule has 0 aliphatic heterocycles. The van der Waals surface area contributed by atoms with Crippen molar-refractivity contribution in [3.8, 4) is 0 Å². The zero-order chi connectivity index (χ0) is 71.4. The number of hydrogen-bond donors (Lipinski definition) is 7. The van der Waals surface area contributed by atoms with Gasteiger partial charge in [-0.05, 0) is 162 Å². The highest BCUT2D eigenvalue weighted by Gasteiger charge is 2.32. The average molecular weight is 1340 g/mol. The summed E-state index contributed by atoms with van der Waals surface area (Å²) in [6.45, 7) is 25.8. The molecular weight excluding hydrogens is 1220 g/mol. The van der Waals surface area contributed by atoms with Crippen LogP contribution in [0.3, 0.4) is 0 Å². The molecule has 0 unspecified atom stereocenters. The Labute approximate surface area is 561 Å². The summed E-state index contributed by atoms with van der Waals surface area (Å²) in [5.41, 5.74) is -3.94. The minimum atomic E-state index is -1.31. The number of carboxylic acid groups (broad SMARTS) is 1. The number of carbonyl (C=O) groups excluding carboxylic acids is 10. The number of rotatable bonds is 50. The third kappa shape index (κ3) is 54.2. The first-order valence-electron chi connectivity index (χ1n) is 34.4. The molecular formula is C69H124N6O19. The van der Waals surface area contributed by atoms with Crippen LogP contribution in [0.1, 0.15) is 284 Å². The molecule has 0 aromatic heterocycles. The van der Waals surface area contributed by atoms with Crippen LogP contribution in [0.5, 0.6) is 0 Å². The third-order valence-electron chi connectivity index (χ3n) is 13.6. The summed E-state index contributed by atoms with van der Waals surface area (Å²) in [5, 5.41) is 24.9. The lowest BCUT2D eigenvalue weighted by Crippen LogP contribution is -2.48. The first-order valence-corrected chi connectivity index (χ1v) is 34.4. The van der Waals surface area contributed by atoms with E-state index in [2.05, 4.69) is 31.9 Å². The summed E-state index contributed by atoms with van der Waals surface area (Å²) >= 11 is 0. The minimum Gasteiger partial charge on any atom is -0.480 e. The van der Waals surface area contributed by atoms with Crippen molar-refractivity contribution < 1.29 is 91.0 Å². The van der Waals surface area contributed by atoms with Crippen LogP contribution < -0.4 is 31.9 Å².